The molecule has 0 aliphatic carbocycles. The Hall–Kier alpha value is -0.570. The standard InChI is InChI=1S/C12H22N2O/c1-2-3-4-12(15)14-8-10-5-11(9-14)7-13-6-10/h10-11,13H,2-9H2,1H3. The molecule has 2 aliphatic heterocycles. The fraction of sp³-hybridized carbons (Fsp3) is 0.917. The van der Waals surface area contributed by atoms with Crippen LogP contribution in [0.1, 0.15) is 32.6 Å². The van der Waals surface area contributed by atoms with Crippen molar-refractivity contribution in [3.63, 3.8) is 0 Å². The van der Waals surface area contributed by atoms with Crippen LogP contribution in [0.3, 0.4) is 0 Å². The first-order valence-electron chi connectivity index (χ1n) is 6.28. The first kappa shape index (κ1) is 10.9. The van der Waals surface area contributed by atoms with Gasteiger partial charge in [-0.2, -0.15) is 0 Å². The molecule has 0 aromatic heterocycles. The van der Waals surface area contributed by atoms with E-state index in [2.05, 4.69) is 17.1 Å². The molecular formula is C12H22N2O. The number of hydrogen-bond acceptors (Lipinski definition) is 2. The number of carbonyl (C=O) groups excluding carboxylic acids is 1. The second-order valence-corrected chi connectivity index (χ2v) is 5.03. The van der Waals surface area contributed by atoms with E-state index in [1.54, 1.807) is 0 Å². The molecule has 0 spiro atoms. The molecule has 0 aromatic rings. The molecule has 2 rings (SSSR count). The molecule has 3 heteroatoms. The van der Waals surface area contributed by atoms with Crippen molar-refractivity contribution in [2.45, 2.75) is 32.6 Å². The zero-order valence-corrected chi connectivity index (χ0v) is 9.67. The number of unbranched alkanes of at least 4 members (excludes halogenated alkanes) is 1. The minimum absolute atomic E-state index is 0.383. The van der Waals surface area contributed by atoms with Crippen LogP contribution < -0.4 is 5.32 Å². The smallest absolute Gasteiger partial charge is 0.222 e. The van der Waals surface area contributed by atoms with Gasteiger partial charge < -0.3 is 10.2 Å². The number of fused-ring (bicyclic) bond motifs is 2. The van der Waals surface area contributed by atoms with E-state index in [9.17, 15) is 4.79 Å². The van der Waals surface area contributed by atoms with E-state index in [-0.39, 0.29) is 0 Å². The van der Waals surface area contributed by atoms with Crippen molar-refractivity contribution in [1.82, 2.24) is 10.2 Å². The first-order valence-corrected chi connectivity index (χ1v) is 6.28. The topological polar surface area (TPSA) is 32.3 Å². The highest BCUT2D eigenvalue weighted by atomic mass is 16.2. The van der Waals surface area contributed by atoms with Gasteiger partial charge in [0.25, 0.3) is 0 Å². The minimum Gasteiger partial charge on any atom is -0.342 e. The maximum atomic E-state index is 11.9. The second-order valence-electron chi connectivity index (χ2n) is 5.03. The van der Waals surface area contributed by atoms with Crippen molar-refractivity contribution >= 4 is 5.91 Å². The van der Waals surface area contributed by atoms with Gasteiger partial charge in [0.05, 0.1) is 0 Å². The van der Waals surface area contributed by atoms with E-state index in [1.165, 1.54) is 6.42 Å². The molecule has 2 bridgehead atoms. The molecule has 2 heterocycles. The predicted molar refractivity (Wildman–Crippen MR) is 60.6 cm³/mol. The third-order valence-corrected chi connectivity index (χ3v) is 3.59. The Morgan fingerprint density at radius 3 is 2.60 bits per heavy atom. The van der Waals surface area contributed by atoms with E-state index >= 15 is 0 Å². The van der Waals surface area contributed by atoms with Crippen molar-refractivity contribution in [3.8, 4) is 0 Å². The van der Waals surface area contributed by atoms with Gasteiger partial charge in [-0.3, -0.25) is 4.79 Å². The summed E-state index contributed by atoms with van der Waals surface area (Å²) in [5.41, 5.74) is 0. The lowest BCUT2D eigenvalue weighted by atomic mass is 9.85. The van der Waals surface area contributed by atoms with E-state index < -0.39 is 0 Å². The SMILES string of the molecule is CCCCC(=O)N1CC2CNCC(C2)C1. The molecule has 2 atom stereocenters. The molecule has 3 nitrogen and oxygen atoms in total. The van der Waals surface area contributed by atoms with E-state index in [1.807, 2.05) is 0 Å². The lowest BCUT2D eigenvalue weighted by molar-refractivity contribution is -0.134. The average molecular weight is 210 g/mol. The van der Waals surface area contributed by atoms with Gasteiger partial charge in [-0.15, -0.1) is 0 Å². The molecule has 2 aliphatic rings. The number of carbonyl (C=O) groups is 1. The van der Waals surface area contributed by atoms with Crippen LogP contribution in [0.4, 0.5) is 0 Å². The third kappa shape index (κ3) is 2.71. The normalized spacial score (nSPS) is 30.3. The maximum absolute atomic E-state index is 11.9. The zero-order valence-electron chi connectivity index (χ0n) is 9.67. The highest BCUT2D eigenvalue weighted by Crippen LogP contribution is 2.24. The van der Waals surface area contributed by atoms with Crippen molar-refractivity contribution in [3.05, 3.63) is 0 Å². The summed E-state index contributed by atoms with van der Waals surface area (Å²) in [5.74, 6) is 1.81. The lowest BCUT2D eigenvalue weighted by Gasteiger charge is -2.41. The van der Waals surface area contributed by atoms with Crippen LogP contribution in [0.15, 0.2) is 0 Å². The molecular weight excluding hydrogens is 188 g/mol. The molecule has 2 fully saturated rings. The number of piperidine rings is 2. The number of amides is 1. The van der Waals surface area contributed by atoms with E-state index in [0.29, 0.717) is 17.7 Å². The summed E-state index contributed by atoms with van der Waals surface area (Å²) < 4.78 is 0. The second kappa shape index (κ2) is 4.97. The highest BCUT2D eigenvalue weighted by molar-refractivity contribution is 5.76. The van der Waals surface area contributed by atoms with Crippen LogP contribution in [0.25, 0.3) is 0 Å². The number of nitrogens with zero attached hydrogens (tertiary/aromatic N) is 1. The monoisotopic (exact) mass is 210 g/mol. The van der Waals surface area contributed by atoms with Crippen molar-refractivity contribution < 1.29 is 4.79 Å². The third-order valence-electron chi connectivity index (χ3n) is 3.59. The summed E-state index contributed by atoms with van der Waals surface area (Å²) in [6, 6.07) is 0. The van der Waals surface area contributed by atoms with Crippen LogP contribution in [-0.2, 0) is 4.79 Å². The van der Waals surface area contributed by atoms with Gasteiger partial charge >= 0.3 is 0 Å². The minimum atomic E-state index is 0.383. The molecule has 0 radical (unpaired) electrons. The molecule has 1 N–H and O–H groups in total. The molecule has 86 valence electrons. The van der Waals surface area contributed by atoms with Gasteiger partial charge in [0, 0.05) is 19.5 Å². The largest absolute Gasteiger partial charge is 0.342 e. The van der Waals surface area contributed by atoms with Gasteiger partial charge in [-0.25, -0.2) is 0 Å². The number of rotatable bonds is 3. The molecule has 15 heavy (non-hydrogen) atoms. The summed E-state index contributed by atoms with van der Waals surface area (Å²) in [6.45, 7) is 6.34. The molecule has 0 aromatic carbocycles. The summed E-state index contributed by atoms with van der Waals surface area (Å²) in [4.78, 5) is 14.0. The predicted octanol–water partition coefficient (Wildman–Crippen LogP) is 1.24. The van der Waals surface area contributed by atoms with Crippen LogP contribution in [0.2, 0.25) is 0 Å². The summed E-state index contributed by atoms with van der Waals surface area (Å²) >= 11 is 0. The molecule has 2 saturated heterocycles. The number of hydrogen-bond donors (Lipinski definition) is 1. The van der Waals surface area contributed by atoms with E-state index in [4.69, 9.17) is 0 Å². The fourth-order valence-corrected chi connectivity index (χ4v) is 2.80. The lowest BCUT2D eigenvalue weighted by Crippen LogP contribution is -2.52. The summed E-state index contributed by atoms with van der Waals surface area (Å²) in [5, 5.41) is 3.45. The fourth-order valence-electron chi connectivity index (χ4n) is 2.80. The van der Waals surface area contributed by atoms with Gasteiger partial charge in [0.1, 0.15) is 0 Å². The van der Waals surface area contributed by atoms with Crippen molar-refractivity contribution in [2.75, 3.05) is 26.2 Å². The average Bonchev–Trinajstić information content (AvgIpc) is 2.25. The first-order chi connectivity index (χ1) is 7.29. The summed E-state index contributed by atoms with van der Waals surface area (Å²) in [6.07, 6.45) is 4.24. The Morgan fingerprint density at radius 2 is 2.00 bits per heavy atom. The molecule has 1 amide bonds. The molecule has 2 unspecified atom stereocenters. The number of likely N-dealkylation sites (tertiary alicyclic amines) is 1. The number of nitrogens with one attached hydrogen (secondary N) is 1. The Morgan fingerprint density at radius 1 is 1.33 bits per heavy atom. The van der Waals surface area contributed by atoms with Crippen LogP contribution >= 0.6 is 0 Å². The van der Waals surface area contributed by atoms with Gasteiger partial charge in [-0.1, -0.05) is 13.3 Å². The Bertz CT molecular complexity index is 218. The van der Waals surface area contributed by atoms with Gasteiger partial charge in [-0.05, 0) is 37.8 Å². The van der Waals surface area contributed by atoms with Crippen molar-refractivity contribution in [1.29, 1.82) is 0 Å². The highest BCUT2D eigenvalue weighted by Gasteiger charge is 2.31. The van der Waals surface area contributed by atoms with Gasteiger partial charge in [0.15, 0.2) is 0 Å². The Labute approximate surface area is 92.2 Å². The Kier molecular flexibility index (Phi) is 3.62. The van der Waals surface area contributed by atoms with Crippen molar-refractivity contribution in [2.24, 2.45) is 11.8 Å². The van der Waals surface area contributed by atoms with Crippen LogP contribution in [0.5, 0.6) is 0 Å². The van der Waals surface area contributed by atoms with Gasteiger partial charge in [0.2, 0.25) is 5.91 Å². The zero-order chi connectivity index (χ0) is 10.7. The van der Waals surface area contributed by atoms with E-state index in [0.717, 1.165) is 45.4 Å². The maximum Gasteiger partial charge on any atom is 0.222 e. The molecule has 0 saturated carbocycles. The van der Waals surface area contributed by atoms with Crippen LogP contribution in [-0.4, -0.2) is 37.0 Å². The van der Waals surface area contributed by atoms with Crippen LogP contribution in [0, 0.1) is 11.8 Å². The quantitative estimate of drug-likeness (QED) is 0.760. The Balaban J connectivity index is 1.85. The summed E-state index contributed by atoms with van der Waals surface area (Å²) in [7, 11) is 0.